The maximum atomic E-state index is 13.3. The second-order valence-corrected chi connectivity index (χ2v) is 9.18. The van der Waals surface area contributed by atoms with Crippen molar-refractivity contribution in [2.45, 2.75) is 52.4 Å². The van der Waals surface area contributed by atoms with Gasteiger partial charge in [-0.2, -0.15) is 0 Å². The molecular weight excluding hydrogens is 280 g/mol. The van der Waals surface area contributed by atoms with Crippen molar-refractivity contribution in [1.82, 2.24) is 0 Å². The Morgan fingerprint density at radius 3 is 2.10 bits per heavy atom. The van der Waals surface area contributed by atoms with Crippen molar-refractivity contribution < 1.29 is 4.79 Å². The van der Waals surface area contributed by atoms with Crippen molar-refractivity contribution in [2.75, 3.05) is 0 Å². The second-order valence-electron chi connectivity index (χ2n) is 8.75. The van der Waals surface area contributed by atoms with Crippen LogP contribution in [0, 0.1) is 22.2 Å². The highest BCUT2D eigenvalue weighted by Crippen LogP contribution is 2.70. The van der Waals surface area contributed by atoms with Crippen LogP contribution in [0.4, 0.5) is 0 Å². The van der Waals surface area contributed by atoms with Crippen LogP contribution in [-0.2, 0) is 0 Å². The number of carbonyl (C=O) groups excluding carboxylic acids is 1. The van der Waals surface area contributed by atoms with E-state index in [0.717, 1.165) is 30.7 Å². The number of carbonyl (C=O) groups is 1. The fourth-order valence-electron chi connectivity index (χ4n) is 6.61. The summed E-state index contributed by atoms with van der Waals surface area (Å²) in [7, 11) is 0. The Kier molecular flexibility index (Phi) is 2.72. The molecule has 4 aliphatic rings. The molecule has 0 N–H and O–H groups in total. The molecule has 4 aliphatic carbocycles. The van der Waals surface area contributed by atoms with Crippen molar-refractivity contribution in [3.63, 3.8) is 0 Å². The molecular formula is C19H23ClO. The molecule has 1 aromatic rings. The Morgan fingerprint density at radius 2 is 1.57 bits per heavy atom. The van der Waals surface area contributed by atoms with Crippen molar-refractivity contribution in [3.8, 4) is 0 Å². The van der Waals surface area contributed by atoms with E-state index in [-0.39, 0.29) is 5.41 Å². The van der Waals surface area contributed by atoms with Gasteiger partial charge in [0.05, 0.1) is 0 Å². The molecule has 4 fully saturated rings. The first-order valence-corrected chi connectivity index (χ1v) is 8.50. The highest BCUT2D eigenvalue weighted by molar-refractivity contribution is 6.30. The van der Waals surface area contributed by atoms with E-state index >= 15 is 0 Å². The van der Waals surface area contributed by atoms with Crippen LogP contribution in [0.5, 0.6) is 0 Å². The van der Waals surface area contributed by atoms with Crippen LogP contribution in [0.3, 0.4) is 0 Å². The van der Waals surface area contributed by atoms with Crippen molar-refractivity contribution in [2.24, 2.45) is 22.2 Å². The molecule has 4 bridgehead atoms. The number of Topliss-reactive ketones (excluding diaryl/α,β-unsaturated/α-hetero) is 1. The minimum Gasteiger partial charge on any atom is -0.294 e. The molecule has 21 heavy (non-hydrogen) atoms. The fourth-order valence-corrected chi connectivity index (χ4v) is 6.73. The van der Waals surface area contributed by atoms with Gasteiger partial charge in [-0.05, 0) is 79.5 Å². The molecule has 2 unspecified atom stereocenters. The topological polar surface area (TPSA) is 17.1 Å². The molecule has 1 aromatic carbocycles. The molecule has 0 saturated heterocycles. The first-order valence-electron chi connectivity index (χ1n) is 8.12. The first kappa shape index (κ1) is 13.8. The summed E-state index contributed by atoms with van der Waals surface area (Å²) in [5.74, 6) is 1.13. The number of hydrogen-bond donors (Lipinski definition) is 0. The Balaban J connectivity index is 1.74. The lowest BCUT2D eigenvalue weighted by Gasteiger charge is -2.64. The van der Waals surface area contributed by atoms with E-state index in [1.165, 1.54) is 19.3 Å². The quantitative estimate of drug-likeness (QED) is 0.657. The van der Waals surface area contributed by atoms with Gasteiger partial charge in [-0.15, -0.1) is 0 Å². The molecule has 112 valence electrons. The van der Waals surface area contributed by atoms with Gasteiger partial charge in [-0.1, -0.05) is 25.4 Å². The van der Waals surface area contributed by atoms with E-state index in [1.807, 2.05) is 24.3 Å². The lowest BCUT2D eigenvalue weighted by molar-refractivity contribution is -0.125. The highest BCUT2D eigenvalue weighted by atomic mass is 35.5. The minimum atomic E-state index is -0.100. The summed E-state index contributed by atoms with van der Waals surface area (Å²) >= 11 is 5.97. The molecule has 5 rings (SSSR count). The predicted octanol–water partition coefficient (Wildman–Crippen LogP) is 5.52. The lowest BCUT2D eigenvalue weighted by atomic mass is 9.39. The van der Waals surface area contributed by atoms with Gasteiger partial charge in [-0.3, -0.25) is 4.79 Å². The predicted molar refractivity (Wildman–Crippen MR) is 85.6 cm³/mol. The van der Waals surface area contributed by atoms with Crippen LogP contribution in [0.15, 0.2) is 24.3 Å². The van der Waals surface area contributed by atoms with E-state index in [0.29, 0.717) is 21.6 Å². The third-order valence-electron chi connectivity index (χ3n) is 6.21. The monoisotopic (exact) mass is 302 g/mol. The zero-order chi connectivity index (χ0) is 14.9. The van der Waals surface area contributed by atoms with Crippen molar-refractivity contribution in [1.29, 1.82) is 0 Å². The van der Waals surface area contributed by atoms with E-state index in [4.69, 9.17) is 11.6 Å². The average Bonchev–Trinajstić information content (AvgIpc) is 2.34. The second kappa shape index (κ2) is 4.13. The van der Waals surface area contributed by atoms with Crippen LogP contribution in [0.1, 0.15) is 62.7 Å². The van der Waals surface area contributed by atoms with Gasteiger partial charge in [0, 0.05) is 16.0 Å². The third-order valence-corrected chi connectivity index (χ3v) is 6.47. The Labute approximate surface area is 132 Å². The zero-order valence-corrected chi connectivity index (χ0v) is 13.7. The smallest absolute Gasteiger partial charge is 0.169 e. The summed E-state index contributed by atoms with van der Waals surface area (Å²) in [5.41, 5.74) is 1.53. The standard InChI is InChI=1S/C19H23ClO/c1-17-7-13-8-18(2,10-17)12-19(9-13,11-17)16(21)14-3-5-15(20)6-4-14/h3-6,13H,7-12H2,1-2H3. The minimum absolute atomic E-state index is 0.100. The van der Waals surface area contributed by atoms with Gasteiger partial charge in [0.15, 0.2) is 5.78 Å². The summed E-state index contributed by atoms with van der Waals surface area (Å²) in [4.78, 5) is 13.3. The molecule has 2 atom stereocenters. The number of benzene rings is 1. The van der Waals surface area contributed by atoms with Gasteiger partial charge >= 0.3 is 0 Å². The summed E-state index contributed by atoms with van der Waals surface area (Å²) < 4.78 is 0. The summed E-state index contributed by atoms with van der Waals surface area (Å²) in [6.07, 6.45) is 7.27. The molecule has 0 spiro atoms. The maximum absolute atomic E-state index is 13.3. The van der Waals surface area contributed by atoms with Gasteiger partial charge in [-0.25, -0.2) is 0 Å². The number of rotatable bonds is 2. The molecule has 2 heteroatoms. The molecule has 0 amide bonds. The van der Waals surface area contributed by atoms with Crippen LogP contribution in [0.2, 0.25) is 5.02 Å². The summed E-state index contributed by atoms with van der Waals surface area (Å²) in [6, 6.07) is 7.51. The third kappa shape index (κ3) is 2.08. The first-order chi connectivity index (χ1) is 9.82. The highest BCUT2D eigenvalue weighted by Gasteiger charge is 2.62. The van der Waals surface area contributed by atoms with Crippen LogP contribution in [0.25, 0.3) is 0 Å². The summed E-state index contributed by atoms with van der Waals surface area (Å²) in [6.45, 7) is 4.83. The molecule has 1 nitrogen and oxygen atoms in total. The van der Waals surface area contributed by atoms with E-state index in [2.05, 4.69) is 13.8 Å². The van der Waals surface area contributed by atoms with Gasteiger partial charge in [0.25, 0.3) is 0 Å². The van der Waals surface area contributed by atoms with E-state index < -0.39 is 0 Å². The van der Waals surface area contributed by atoms with Gasteiger partial charge < -0.3 is 0 Å². The van der Waals surface area contributed by atoms with Gasteiger partial charge in [0.1, 0.15) is 0 Å². The van der Waals surface area contributed by atoms with E-state index in [9.17, 15) is 4.79 Å². The Hall–Kier alpha value is -0.820. The molecule has 0 aliphatic heterocycles. The molecule has 0 heterocycles. The van der Waals surface area contributed by atoms with E-state index in [1.54, 1.807) is 0 Å². The van der Waals surface area contributed by atoms with Gasteiger partial charge in [0.2, 0.25) is 0 Å². The van der Waals surface area contributed by atoms with Crippen LogP contribution in [-0.4, -0.2) is 5.78 Å². The summed E-state index contributed by atoms with van der Waals surface area (Å²) in [5, 5.41) is 0.705. The van der Waals surface area contributed by atoms with Crippen molar-refractivity contribution in [3.05, 3.63) is 34.9 Å². The number of ketones is 1. The number of halogens is 1. The maximum Gasteiger partial charge on any atom is 0.169 e. The van der Waals surface area contributed by atoms with Crippen molar-refractivity contribution >= 4 is 17.4 Å². The fraction of sp³-hybridized carbons (Fsp3) is 0.632. The molecule has 4 saturated carbocycles. The molecule has 0 radical (unpaired) electrons. The van der Waals surface area contributed by atoms with Crippen LogP contribution < -0.4 is 0 Å². The average molecular weight is 303 g/mol. The SMILES string of the molecule is CC12CC3CC(C)(C1)CC(C(=O)c1ccc(Cl)cc1)(C3)C2. The Bertz CT molecular complexity index is 584. The zero-order valence-electron chi connectivity index (χ0n) is 12.9. The normalized spacial score (nSPS) is 44.0. The molecule has 0 aromatic heterocycles. The Morgan fingerprint density at radius 1 is 1.00 bits per heavy atom. The number of hydrogen-bond acceptors (Lipinski definition) is 1. The largest absolute Gasteiger partial charge is 0.294 e. The van der Waals surface area contributed by atoms with Crippen LogP contribution >= 0.6 is 11.6 Å². The lowest BCUT2D eigenvalue weighted by Crippen LogP contribution is -2.57.